The lowest BCUT2D eigenvalue weighted by Gasteiger charge is -2.22. The summed E-state index contributed by atoms with van der Waals surface area (Å²) < 4.78 is 11.3. The Balaban J connectivity index is 1.59. The van der Waals surface area contributed by atoms with Crippen molar-refractivity contribution in [3.63, 3.8) is 0 Å². The van der Waals surface area contributed by atoms with Gasteiger partial charge in [-0.25, -0.2) is 0 Å². The average Bonchev–Trinajstić information content (AvgIpc) is 3.26. The quantitative estimate of drug-likeness (QED) is 0.670. The molecule has 0 radical (unpaired) electrons. The molecule has 6 nitrogen and oxygen atoms in total. The van der Waals surface area contributed by atoms with Crippen molar-refractivity contribution in [3.05, 3.63) is 65.7 Å². The number of nitrogens with zero attached hydrogens (tertiary/aromatic N) is 1. The van der Waals surface area contributed by atoms with Gasteiger partial charge in [-0.15, -0.1) is 0 Å². The lowest BCUT2D eigenvalue weighted by Crippen LogP contribution is -2.35. The van der Waals surface area contributed by atoms with Crippen LogP contribution >= 0.6 is 0 Å². The van der Waals surface area contributed by atoms with E-state index in [1.807, 2.05) is 30.3 Å². The third-order valence-electron chi connectivity index (χ3n) is 4.99. The highest BCUT2D eigenvalue weighted by atomic mass is 16.5. The minimum absolute atomic E-state index is 0.118. The SMILES string of the molecule is NC(=O)CCN(CCc1ccccc1)C(=O)c1ccc(OCC2CCCO2)cc1. The molecule has 0 saturated carbocycles. The number of benzene rings is 2. The minimum atomic E-state index is -0.416. The second-order valence-corrected chi connectivity index (χ2v) is 7.21. The smallest absolute Gasteiger partial charge is 0.253 e. The second-order valence-electron chi connectivity index (χ2n) is 7.21. The zero-order valence-corrected chi connectivity index (χ0v) is 16.6. The molecule has 29 heavy (non-hydrogen) atoms. The van der Waals surface area contributed by atoms with Gasteiger partial charge in [0.25, 0.3) is 5.91 Å². The zero-order valence-electron chi connectivity index (χ0n) is 16.6. The van der Waals surface area contributed by atoms with Crippen LogP contribution in [0.5, 0.6) is 5.75 Å². The summed E-state index contributed by atoms with van der Waals surface area (Å²) in [4.78, 5) is 25.9. The molecular weight excluding hydrogens is 368 g/mol. The molecule has 1 atom stereocenters. The number of carbonyl (C=O) groups is 2. The highest BCUT2D eigenvalue weighted by molar-refractivity contribution is 5.94. The monoisotopic (exact) mass is 396 g/mol. The van der Waals surface area contributed by atoms with Crippen molar-refractivity contribution in [2.45, 2.75) is 31.8 Å². The molecule has 1 heterocycles. The Morgan fingerprint density at radius 1 is 1.07 bits per heavy atom. The Bertz CT molecular complexity index is 786. The van der Waals surface area contributed by atoms with E-state index in [2.05, 4.69) is 0 Å². The van der Waals surface area contributed by atoms with Gasteiger partial charge < -0.3 is 20.1 Å². The van der Waals surface area contributed by atoms with E-state index >= 15 is 0 Å². The van der Waals surface area contributed by atoms with Crippen LogP contribution in [-0.4, -0.2) is 49.1 Å². The molecule has 1 saturated heterocycles. The lowest BCUT2D eigenvalue weighted by atomic mass is 10.1. The molecule has 1 unspecified atom stereocenters. The van der Waals surface area contributed by atoms with Crippen molar-refractivity contribution < 1.29 is 19.1 Å². The minimum Gasteiger partial charge on any atom is -0.491 e. The second kappa shape index (κ2) is 10.6. The summed E-state index contributed by atoms with van der Waals surface area (Å²) >= 11 is 0. The van der Waals surface area contributed by atoms with Gasteiger partial charge in [-0.3, -0.25) is 9.59 Å². The largest absolute Gasteiger partial charge is 0.491 e. The van der Waals surface area contributed by atoms with Crippen molar-refractivity contribution >= 4 is 11.8 Å². The summed E-state index contributed by atoms with van der Waals surface area (Å²) in [6.07, 6.45) is 3.11. The van der Waals surface area contributed by atoms with Crippen molar-refractivity contribution in [1.82, 2.24) is 4.90 Å². The van der Waals surface area contributed by atoms with Crippen molar-refractivity contribution in [2.24, 2.45) is 5.73 Å². The van der Waals surface area contributed by atoms with Gasteiger partial charge in [0, 0.05) is 31.7 Å². The Labute approximate surface area is 171 Å². The molecule has 154 valence electrons. The maximum Gasteiger partial charge on any atom is 0.253 e. The Kier molecular flexibility index (Phi) is 7.64. The number of nitrogens with two attached hydrogens (primary N) is 1. The van der Waals surface area contributed by atoms with Crippen LogP contribution in [0.1, 0.15) is 35.2 Å². The van der Waals surface area contributed by atoms with Gasteiger partial charge in [0.1, 0.15) is 12.4 Å². The first-order valence-electron chi connectivity index (χ1n) is 10.1. The Morgan fingerprint density at radius 2 is 1.83 bits per heavy atom. The molecule has 1 aliphatic heterocycles. The van der Waals surface area contributed by atoms with Gasteiger partial charge in [0.05, 0.1) is 6.10 Å². The number of rotatable bonds is 10. The van der Waals surface area contributed by atoms with Crippen LogP contribution < -0.4 is 10.5 Å². The standard InChI is InChI=1S/C23H28N2O4/c24-22(26)13-15-25(14-12-18-5-2-1-3-6-18)23(27)19-8-10-20(11-9-19)29-17-21-7-4-16-28-21/h1-3,5-6,8-11,21H,4,7,12-17H2,(H2,24,26). The highest BCUT2D eigenvalue weighted by Gasteiger charge is 2.18. The van der Waals surface area contributed by atoms with E-state index in [1.54, 1.807) is 29.2 Å². The summed E-state index contributed by atoms with van der Waals surface area (Å²) in [6.45, 7) is 2.15. The van der Waals surface area contributed by atoms with E-state index in [4.69, 9.17) is 15.2 Å². The topological polar surface area (TPSA) is 81.9 Å². The summed E-state index contributed by atoms with van der Waals surface area (Å²) in [5.41, 5.74) is 6.99. The third kappa shape index (κ3) is 6.61. The molecule has 0 aliphatic carbocycles. The van der Waals surface area contributed by atoms with Gasteiger partial charge in [0.15, 0.2) is 0 Å². The fourth-order valence-electron chi connectivity index (χ4n) is 3.31. The molecule has 0 aromatic heterocycles. The Hall–Kier alpha value is -2.86. The summed E-state index contributed by atoms with van der Waals surface area (Å²) in [7, 11) is 0. The number of hydrogen-bond donors (Lipinski definition) is 1. The normalized spacial score (nSPS) is 15.8. The van der Waals surface area contributed by atoms with Crippen molar-refractivity contribution in [2.75, 3.05) is 26.3 Å². The van der Waals surface area contributed by atoms with Crippen LogP contribution in [0.25, 0.3) is 0 Å². The summed E-state index contributed by atoms with van der Waals surface area (Å²) in [6, 6.07) is 17.1. The summed E-state index contributed by atoms with van der Waals surface area (Å²) in [5.74, 6) is 0.179. The fraction of sp³-hybridized carbons (Fsp3) is 0.391. The van der Waals surface area contributed by atoms with E-state index in [-0.39, 0.29) is 18.4 Å². The number of ether oxygens (including phenoxy) is 2. The maximum atomic E-state index is 13.0. The van der Waals surface area contributed by atoms with E-state index in [1.165, 1.54) is 0 Å². The molecule has 2 N–H and O–H groups in total. The van der Waals surface area contributed by atoms with E-state index in [0.29, 0.717) is 37.4 Å². The van der Waals surface area contributed by atoms with Crippen LogP contribution in [0.4, 0.5) is 0 Å². The van der Waals surface area contributed by atoms with E-state index < -0.39 is 5.91 Å². The van der Waals surface area contributed by atoms with Crippen LogP contribution in [0.2, 0.25) is 0 Å². The zero-order chi connectivity index (χ0) is 20.5. The molecular formula is C23H28N2O4. The van der Waals surface area contributed by atoms with Gasteiger partial charge in [-0.05, 0) is 49.1 Å². The Morgan fingerprint density at radius 3 is 2.48 bits per heavy atom. The van der Waals surface area contributed by atoms with Gasteiger partial charge in [-0.2, -0.15) is 0 Å². The van der Waals surface area contributed by atoms with Gasteiger partial charge >= 0.3 is 0 Å². The molecule has 0 bridgehead atoms. The molecule has 3 rings (SSSR count). The first kappa shape index (κ1) is 20.9. The third-order valence-corrected chi connectivity index (χ3v) is 4.99. The molecule has 1 aliphatic rings. The van der Waals surface area contributed by atoms with Crippen LogP contribution in [-0.2, 0) is 16.0 Å². The number of hydrogen-bond acceptors (Lipinski definition) is 4. The number of primary amides is 1. The molecule has 2 aromatic carbocycles. The van der Waals surface area contributed by atoms with Gasteiger partial charge in [0.2, 0.25) is 5.91 Å². The summed E-state index contributed by atoms with van der Waals surface area (Å²) in [5, 5.41) is 0. The van der Waals surface area contributed by atoms with Crippen LogP contribution in [0, 0.1) is 0 Å². The predicted molar refractivity (Wildman–Crippen MR) is 111 cm³/mol. The average molecular weight is 396 g/mol. The number of amides is 2. The molecule has 2 amide bonds. The van der Waals surface area contributed by atoms with Crippen LogP contribution in [0.3, 0.4) is 0 Å². The molecule has 6 heteroatoms. The van der Waals surface area contributed by atoms with Crippen LogP contribution in [0.15, 0.2) is 54.6 Å². The number of carbonyl (C=O) groups excluding carboxylic acids is 2. The van der Waals surface area contributed by atoms with E-state index in [0.717, 1.165) is 25.0 Å². The highest BCUT2D eigenvalue weighted by Crippen LogP contribution is 2.18. The molecule has 2 aromatic rings. The lowest BCUT2D eigenvalue weighted by molar-refractivity contribution is -0.118. The fourth-order valence-corrected chi connectivity index (χ4v) is 3.31. The predicted octanol–water partition coefficient (Wildman–Crippen LogP) is 2.80. The molecule has 1 fully saturated rings. The first-order valence-corrected chi connectivity index (χ1v) is 10.1. The maximum absolute atomic E-state index is 13.0. The van der Waals surface area contributed by atoms with Crippen molar-refractivity contribution in [1.29, 1.82) is 0 Å². The van der Waals surface area contributed by atoms with E-state index in [9.17, 15) is 9.59 Å². The van der Waals surface area contributed by atoms with Crippen molar-refractivity contribution in [3.8, 4) is 5.75 Å². The first-order chi connectivity index (χ1) is 14.1. The molecule has 0 spiro atoms. The van der Waals surface area contributed by atoms with Gasteiger partial charge in [-0.1, -0.05) is 30.3 Å².